The number of ketones is 1. The van der Waals surface area contributed by atoms with Crippen molar-refractivity contribution in [3.63, 3.8) is 0 Å². The van der Waals surface area contributed by atoms with E-state index in [4.69, 9.17) is 0 Å². The Morgan fingerprint density at radius 1 is 1.46 bits per heavy atom. The summed E-state index contributed by atoms with van der Waals surface area (Å²) in [6, 6.07) is 0. The van der Waals surface area contributed by atoms with Crippen molar-refractivity contribution in [1.29, 1.82) is 0 Å². The van der Waals surface area contributed by atoms with Crippen LogP contribution in [0.3, 0.4) is 0 Å². The maximum absolute atomic E-state index is 11.7. The third kappa shape index (κ3) is 1.24. The zero-order chi connectivity index (χ0) is 9.47. The van der Waals surface area contributed by atoms with Crippen molar-refractivity contribution < 1.29 is 4.79 Å². The second kappa shape index (κ2) is 3.11. The van der Waals surface area contributed by atoms with Gasteiger partial charge in [-0.1, -0.05) is 20.3 Å². The summed E-state index contributed by atoms with van der Waals surface area (Å²) in [4.78, 5) is 11.7. The Labute approximate surface area is 80.9 Å². The van der Waals surface area contributed by atoms with Crippen molar-refractivity contribution in [3.8, 4) is 0 Å². The molecule has 0 N–H and O–H groups in total. The predicted molar refractivity (Wildman–Crippen MR) is 53.5 cm³/mol. The number of fused-ring (bicyclic) bond motifs is 1. The summed E-state index contributed by atoms with van der Waals surface area (Å²) in [5.41, 5.74) is 0.379. The molecule has 0 heterocycles. The number of hydrogen-bond acceptors (Lipinski definition) is 1. The van der Waals surface area contributed by atoms with Gasteiger partial charge in [-0.25, -0.2) is 0 Å². The maximum Gasteiger partial charge on any atom is 0.136 e. The van der Waals surface area contributed by atoms with Gasteiger partial charge in [-0.05, 0) is 37.0 Å². The van der Waals surface area contributed by atoms with Crippen molar-refractivity contribution in [2.24, 2.45) is 17.3 Å². The van der Waals surface area contributed by atoms with E-state index in [1.807, 2.05) is 0 Å². The SMILES string of the molecule is CCC1CCC2C(=O)CCCC12C. The number of carbonyl (C=O) groups excluding carboxylic acids is 1. The summed E-state index contributed by atoms with van der Waals surface area (Å²) in [5, 5.41) is 0. The Bertz CT molecular complexity index is 221. The number of carbonyl (C=O) groups is 1. The summed E-state index contributed by atoms with van der Waals surface area (Å²) in [5.74, 6) is 1.80. The molecule has 0 aromatic rings. The van der Waals surface area contributed by atoms with Crippen LogP contribution in [0.1, 0.15) is 52.4 Å². The summed E-state index contributed by atoms with van der Waals surface area (Å²) >= 11 is 0. The molecular weight excluding hydrogens is 160 g/mol. The van der Waals surface area contributed by atoms with Gasteiger partial charge in [0.05, 0.1) is 0 Å². The van der Waals surface area contributed by atoms with Crippen molar-refractivity contribution in [3.05, 3.63) is 0 Å². The highest BCUT2D eigenvalue weighted by Crippen LogP contribution is 2.55. The lowest BCUT2D eigenvalue weighted by molar-refractivity contribution is -0.129. The summed E-state index contributed by atoms with van der Waals surface area (Å²) < 4.78 is 0. The van der Waals surface area contributed by atoms with Gasteiger partial charge in [0.2, 0.25) is 0 Å². The van der Waals surface area contributed by atoms with Crippen molar-refractivity contribution in [2.75, 3.05) is 0 Å². The topological polar surface area (TPSA) is 17.1 Å². The Kier molecular flexibility index (Phi) is 2.21. The molecule has 2 aliphatic carbocycles. The fourth-order valence-electron chi connectivity index (χ4n) is 3.71. The third-order valence-corrected chi connectivity index (χ3v) is 4.55. The molecule has 2 aliphatic rings. The molecule has 0 aliphatic heterocycles. The molecule has 0 saturated heterocycles. The molecule has 0 spiro atoms. The fourth-order valence-corrected chi connectivity index (χ4v) is 3.71. The molecule has 2 fully saturated rings. The van der Waals surface area contributed by atoms with E-state index in [2.05, 4.69) is 13.8 Å². The van der Waals surface area contributed by atoms with Crippen LogP contribution in [0.4, 0.5) is 0 Å². The van der Waals surface area contributed by atoms with Crippen LogP contribution in [-0.2, 0) is 4.79 Å². The van der Waals surface area contributed by atoms with Crippen molar-refractivity contribution >= 4 is 5.78 Å². The van der Waals surface area contributed by atoms with Gasteiger partial charge >= 0.3 is 0 Å². The molecule has 74 valence electrons. The number of rotatable bonds is 1. The van der Waals surface area contributed by atoms with Gasteiger partial charge in [0.25, 0.3) is 0 Å². The van der Waals surface area contributed by atoms with Gasteiger partial charge in [-0.2, -0.15) is 0 Å². The van der Waals surface area contributed by atoms with Crippen LogP contribution in [-0.4, -0.2) is 5.78 Å². The second-order valence-electron chi connectivity index (χ2n) is 5.06. The highest BCUT2D eigenvalue weighted by Gasteiger charge is 2.49. The molecule has 0 aromatic carbocycles. The van der Waals surface area contributed by atoms with Crippen molar-refractivity contribution in [1.82, 2.24) is 0 Å². The Balaban J connectivity index is 2.23. The quantitative estimate of drug-likeness (QED) is 0.605. The first-order chi connectivity index (χ1) is 6.18. The van der Waals surface area contributed by atoms with Gasteiger partial charge in [0.1, 0.15) is 5.78 Å². The van der Waals surface area contributed by atoms with Crippen LogP contribution >= 0.6 is 0 Å². The molecule has 1 heteroatoms. The van der Waals surface area contributed by atoms with Gasteiger partial charge in [0.15, 0.2) is 0 Å². The first kappa shape index (κ1) is 9.23. The van der Waals surface area contributed by atoms with Crippen molar-refractivity contribution in [2.45, 2.75) is 52.4 Å². The zero-order valence-corrected chi connectivity index (χ0v) is 8.81. The van der Waals surface area contributed by atoms with Crippen LogP contribution < -0.4 is 0 Å². The molecule has 0 amide bonds. The molecule has 2 rings (SSSR count). The summed E-state index contributed by atoms with van der Waals surface area (Å²) in [7, 11) is 0. The molecule has 0 aromatic heterocycles. The molecule has 3 unspecified atom stereocenters. The molecular formula is C12H20O. The van der Waals surface area contributed by atoms with Crippen LogP contribution in [0.25, 0.3) is 0 Å². The Morgan fingerprint density at radius 2 is 2.23 bits per heavy atom. The lowest BCUT2D eigenvalue weighted by atomic mass is 9.64. The molecule has 2 saturated carbocycles. The van der Waals surface area contributed by atoms with E-state index >= 15 is 0 Å². The minimum absolute atomic E-state index is 0.379. The van der Waals surface area contributed by atoms with Crippen LogP contribution in [0.2, 0.25) is 0 Å². The van der Waals surface area contributed by atoms with E-state index in [9.17, 15) is 4.79 Å². The average molecular weight is 180 g/mol. The van der Waals surface area contributed by atoms with Crippen LogP contribution in [0.15, 0.2) is 0 Å². The minimum atomic E-state index is 0.379. The largest absolute Gasteiger partial charge is 0.299 e. The molecule has 0 bridgehead atoms. The number of Topliss-reactive ketones (excluding diaryl/α,β-unsaturated/α-hetero) is 1. The molecule has 3 atom stereocenters. The smallest absolute Gasteiger partial charge is 0.136 e. The van der Waals surface area contributed by atoms with E-state index < -0.39 is 0 Å². The van der Waals surface area contributed by atoms with E-state index in [1.54, 1.807) is 0 Å². The first-order valence-corrected chi connectivity index (χ1v) is 5.71. The van der Waals surface area contributed by atoms with E-state index in [0.29, 0.717) is 17.1 Å². The Morgan fingerprint density at radius 3 is 2.92 bits per heavy atom. The second-order valence-corrected chi connectivity index (χ2v) is 5.06. The third-order valence-electron chi connectivity index (χ3n) is 4.55. The molecule has 0 radical (unpaired) electrons. The minimum Gasteiger partial charge on any atom is -0.299 e. The average Bonchev–Trinajstić information content (AvgIpc) is 2.43. The first-order valence-electron chi connectivity index (χ1n) is 5.71. The van der Waals surface area contributed by atoms with Gasteiger partial charge in [-0.15, -0.1) is 0 Å². The van der Waals surface area contributed by atoms with Crippen LogP contribution in [0, 0.1) is 17.3 Å². The van der Waals surface area contributed by atoms with E-state index in [0.717, 1.165) is 18.8 Å². The van der Waals surface area contributed by atoms with Crippen LogP contribution in [0.5, 0.6) is 0 Å². The monoisotopic (exact) mass is 180 g/mol. The lowest BCUT2D eigenvalue weighted by Crippen LogP contribution is -2.37. The molecule has 1 nitrogen and oxygen atoms in total. The lowest BCUT2D eigenvalue weighted by Gasteiger charge is -2.39. The van der Waals surface area contributed by atoms with E-state index in [1.165, 1.54) is 25.7 Å². The van der Waals surface area contributed by atoms with E-state index in [-0.39, 0.29) is 0 Å². The normalized spacial score (nSPS) is 44.9. The predicted octanol–water partition coefficient (Wildman–Crippen LogP) is 3.18. The highest BCUT2D eigenvalue weighted by molar-refractivity contribution is 5.83. The maximum atomic E-state index is 11.7. The highest BCUT2D eigenvalue weighted by atomic mass is 16.1. The fraction of sp³-hybridized carbons (Fsp3) is 0.917. The molecule has 13 heavy (non-hydrogen) atoms. The Hall–Kier alpha value is -0.330. The zero-order valence-electron chi connectivity index (χ0n) is 8.81. The van der Waals surface area contributed by atoms with Gasteiger partial charge in [0, 0.05) is 12.3 Å². The van der Waals surface area contributed by atoms with Gasteiger partial charge < -0.3 is 0 Å². The standard InChI is InChI=1S/C12H20O/c1-3-9-6-7-10-11(13)5-4-8-12(9,10)2/h9-10H,3-8H2,1-2H3. The van der Waals surface area contributed by atoms with Gasteiger partial charge in [-0.3, -0.25) is 4.79 Å². The number of hydrogen-bond donors (Lipinski definition) is 0. The summed E-state index contributed by atoms with van der Waals surface area (Å²) in [6.07, 6.45) is 7.03. The summed E-state index contributed by atoms with van der Waals surface area (Å²) in [6.45, 7) is 4.63.